The zero-order chi connectivity index (χ0) is 14.9. The van der Waals surface area contributed by atoms with Crippen molar-refractivity contribution in [1.82, 2.24) is 5.32 Å². The molecule has 0 bridgehead atoms. The number of phenolic OH excluding ortho intramolecular Hbond substituents is 1. The molecule has 1 aliphatic carbocycles. The third-order valence-electron chi connectivity index (χ3n) is 4.29. The Morgan fingerprint density at radius 2 is 1.95 bits per heavy atom. The minimum atomic E-state index is -0.409. The van der Waals surface area contributed by atoms with Gasteiger partial charge >= 0.3 is 0 Å². The van der Waals surface area contributed by atoms with Gasteiger partial charge in [0.1, 0.15) is 5.75 Å². The van der Waals surface area contributed by atoms with Crippen molar-refractivity contribution in [2.24, 2.45) is 0 Å². The molecule has 114 valence electrons. The van der Waals surface area contributed by atoms with E-state index in [0.717, 1.165) is 31.2 Å². The number of benzene rings is 1. The molecule has 21 heavy (non-hydrogen) atoms. The summed E-state index contributed by atoms with van der Waals surface area (Å²) in [6.45, 7) is 3.20. The third-order valence-corrected chi connectivity index (χ3v) is 4.29. The van der Waals surface area contributed by atoms with Crippen molar-refractivity contribution in [3.63, 3.8) is 0 Å². The van der Waals surface area contributed by atoms with Crippen LogP contribution in [0, 0.1) is 6.92 Å². The molecule has 1 aromatic rings. The standard InChI is InChI=1S/C16H21NO4/c1-11-2-3-13(14(18)10-11)15(19)17-12-4-6-16(7-5-12)20-8-9-21-16/h2-3,10,12,18H,4-9H2,1H3,(H,17,19). The number of carbonyl (C=O) groups excluding carboxylic acids is 1. The van der Waals surface area contributed by atoms with Gasteiger partial charge in [-0.15, -0.1) is 0 Å². The van der Waals surface area contributed by atoms with E-state index in [2.05, 4.69) is 5.32 Å². The highest BCUT2D eigenvalue weighted by Crippen LogP contribution is 2.35. The van der Waals surface area contributed by atoms with Gasteiger partial charge in [-0.05, 0) is 37.5 Å². The minimum Gasteiger partial charge on any atom is -0.507 e. The van der Waals surface area contributed by atoms with Crippen molar-refractivity contribution in [3.05, 3.63) is 29.3 Å². The fourth-order valence-corrected chi connectivity index (χ4v) is 3.08. The predicted molar refractivity (Wildman–Crippen MR) is 77.2 cm³/mol. The van der Waals surface area contributed by atoms with Crippen molar-refractivity contribution in [2.45, 2.75) is 44.4 Å². The predicted octanol–water partition coefficient (Wildman–Crippen LogP) is 2.12. The van der Waals surface area contributed by atoms with Gasteiger partial charge in [-0.1, -0.05) is 6.07 Å². The zero-order valence-electron chi connectivity index (χ0n) is 12.2. The Labute approximate surface area is 124 Å². The fraction of sp³-hybridized carbons (Fsp3) is 0.562. The van der Waals surface area contributed by atoms with Gasteiger partial charge in [0.2, 0.25) is 0 Å². The molecule has 1 aromatic carbocycles. The molecule has 2 fully saturated rings. The Hall–Kier alpha value is -1.59. The van der Waals surface area contributed by atoms with Crippen molar-refractivity contribution >= 4 is 5.91 Å². The van der Waals surface area contributed by atoms with Crippen LogP contribution in [0.25, 0.3) is 0 Å². The number of ether oxygens (including phenoxy) is 2. The van der Waals surface area contributed by atoms with E-state index < -0.39 is 5.79 Å². The maximum absolute atomic E-state index is 12.2. The van der Waals surface area contributed by atoms with E-state index in [9.17, 15) is 9.90 Å². The summed E-state index contributed by atoms with van der Waals surface area (Å²) in [6, 6.07) is 5.19. The zero-order valence-corrected chi connectivity index (χ0v) is 12.2. The topological polar surface area (TPSA) is 67.8 Å². The number of amides is 1. The molecule has 3 rings (SSSR count). The molecule has 1 aliphatic heterocycles. The summed E-state index contributed by atoms with van der Waals surface area (Å²) in [6.07, 6.45) is 3.27. The maximum atomic E-state index is 12.2. The van der Waals surface area contributed by atoms with Gasteiger partial charge < -0.3 is 19.9 Å². The second kappa shape index (κ2) is 5.66. The first-order valence-corrected chi connectivity index (χ1v) is 7.46. The molecule has 1 spiro atoms. The average Bonchev–Trinajstić information content (AvgIpc) is 2.90. The molecule has 1 saturated heterocycles. The fourth-order valence-electron chi connectivity index (χ4n) is 3.08. The van der Waals surface area contributed by atoms with E-state index in [1.807, 2.05) is 13.0 Å². The summed E-state index contributed by atoms with van der Waals surface area (Å²) < 4.78 is 11.4. The second-order valence-electron chi connectivity index (χ2n) is 5.88. The Balaban J connectivity index is 1.58. The molecule has 2 aliphatic rings. The molecule has 0 aromatic heterocycles. The van der Waals surface area contributed by atoms with Gasteiger partial charge in [-0.3, -0.25) is 4.79 Å². The van der Waals surface area contributed by atoms with E-state index in [0.29, 0.717) is 18.8 Å². The number of aryl methyl sites for hydroxylation is 1. The quantitative estimate of drug-likeness (QED) is 0.876. The molecule has 1 heterocycles. The molecule has 2 N–H and O–H groups in total. The van der Waals surface area contributed by atoms with Crippen LogP contribution in [0.15, 0.2) is 18.2 Å². The lowest BCUT2D eigenvalue weighted by molar-refractivity contribution is -0.179. The lowest BCUT2D eigenvalue weighted by Crippen LogP contribution is -2.44. The number of aromatic hydroxyl groups is 1. The molecule has 0 unspecified atom stereocenters. The van der Waals surface area contributed by atoms with E-state index in [-0.39, 0.29) is 17.7 Å². The smallest absolute Gasteiger partial charge is 0.255 e. The normalized spacial score (nSPS) is 21.6. The van der Waals surface area contributed by atoms with Crippen LogP contribution in [0.5, 0.6) is 5.75 Å². The molecule has 1 saturated carbocycles. The van der Waals surface area contributed by atoms with Gasteiger partial charge in [-0.25, -0.2) is 0 Å². The largest absolute Gasteiger partial charge is 0.507 e. The summed E-state index contributed by atoms with van der Waals surface area (Å²) in [4.78, 5) is 12.2. The summed E-state index contributed by atoms with van der Waals surface area (Å²) in [5, 5.41) is 12.8. The van der Waals surface area contributed by atoms with Gasteiger partial charge in [0.15, 0.2) is 5.79 Å². The van der Waals surface area contributed by atoms with Crippen LogP contribution in [0.2, 0.25) is 0 Å². The summed E-state index contributed by atoms with van der Waals surface area (Å²) in [5.41, 5.74) is 1.26. The van der Waals surface area contributed by atoms with Crippen LogP contribution in [0.1, 0.15) is 41.6 Å². The molecular weight excluding hydrogens is 270 g/mol. The lowest BCUT2D eigenvalue weighted by Gasteiger charge is -2.35. The van der Waals surface area contributed by atoms with Gasteiger partial charge in [0, 0.05) is 18.9 Å². The number of hydrogen-bond donors (Lipinski definition) is 2. The number of nitrogens with one attached hydrogen (secondary N) is 1. The molecule has 0 radical (unpaired) electrons. The Bertz CT molecular complexity index is 527. The van der Waals surface area contributed by atoms with Crippen LogP contribution in [0.3, 0.4) is 0 Å². The van der Waals surface area contributed by atoms with Crippen LogP contribution in [-0.2, 0) is 9.47 Å². The number of hydrogen-bond acceptors (Lipinski definition) is 4. The van der Waals surface area contributed by atoms with Crippen molar-refractivity contribution in [2.75, 3.05) is 13.2 Å². The Morgan fingerprint density at radius 3 is 2.57 bits per heavy atom. The third kappa shape index (κ3) is 3.04. The highest BCUT2D eigenvalue weighted by atomic mass is 16.7. The molecular formula is C16H21NO4. The van der Waals surface area contributed by atoms with Gasteiger partial charge in [0.25, 0.3) is 5.91 Å². The second-order valence-corrected chi connectivity index (χ2v) is 5.88. The van der Waals surface area contributed by atoms with Crippen molar-refractivity contribution < 1.29 is 19.4 Å². The van der Waals surface area contributed by atoms with Crippen LogP contribution >= 0.6 is 0 Å². The monoisotopic (exact) mass is 291 g/mol. The van der Waals surface area contributed by atoms with Crippen LogP contribution < -0.4 is 5.32 Å². The van der Waals surface area contributed by atoms with Gasteiger partial charge in [-0.2, -0.15) is 0 Å². The molecule has 1 amide bonds. The minimum absolute atomic E-state index is 0.0299. The summed E-state index contributed by atoms with van der Waals surface area (Å²) >= 11 is 0. The lowest BCUT2D eigenvalue weighted by atomic mass is 9.90. The van der Waals surface area contributed by atoms with Crippen LogP contribution in [0.4, 0.5) is 0 Å². The molecule has 5 heteroatoms. The highest BCUT2D eigenvalue weighted by Gasteiger charge is 2.40. The highest BCUT2D eigenvalue weighted by molar-refractivity contribution is 5.97. The van der Waals surface area contributed by atoms with E-state index in [1.165, 1.54) is 0 Å². The maximum Gasteiger partial charge on any atom is 0.255 e. The summed E-state index contributed by atoms with van der Waals surface area (Å²) in [7, 11) is 0. The number of rotatable bonds is 2. The first-order chi connectivity index (χ1) is 10.1. The van der Waals surface area contributed by atoms with E-state index >= 15 is 0 Å². The first-order valence-electron chi connectivity index (χ1n) is 7.46. The first kappa shape index (κ1) is 14.4. The number of carbonyl (C=O) groups is 1. The molecule has 5 nitrogen and oxygen atoms in total. The Kier molecular flexibility index (Phi) is 3.87. The van der Waals surface area contributed by atoms with Crippen LogP contribution in [-0.4, -0.2) is 36.1 Å². The number of phenols is 1. The van der Waals surface area contributed by atoms with Gasteiger partial charge in [0.05, 0.1) is 18.8 Å². The SMILES string of the molecule is Cc1ccc(C(=O)NC2CCC3(CC2)OCCO3)c(O)c1. The Morgan fingerprint density at radius 1 is 1.29 bits per heavy atom. The molecule has 0 atom stereocenters. The average molecular weight is 291 g/mol. The van der Waals surface area contributed by atoms with E-state index in [1.54, 1.807) is 12.1 Å². The van der Waals surface area contributed by atoms with Crippen molar-refractivity contribution in [3.8, 4) is 5.75 Å². The summed E-state index contributed by atoms with van der Waals surface area (Å²) in [5.74, 6) is -0.600. The van der Waals surface area contributed by atoms with E-state index in [4.69, 9.17) is 9.47 Å². The van der Waals surface area contributed by atoms with Crippen molar-refractivity contribution in [1.29, 1.82) is 0 Å².